The maximum atomic E-state index is 9.30. The van der Waals surface area contributed by atoms with E-state index in [9.17, 15) is 5.48 Å². The molecule has 0 aliphatic heterocycles. The first-order valence-electron chi connectivity index (χ1n) is 17.8. The molecule has 0 unspecified atom stereocenters. The van der Waals surface area contributed by atoms with Crippen LogP contribution in [-0.4, -0.2) is 0 Å². The minimum absolute atomic E-state index is 0.0854. The van der Waals surface area contributed by atoms with E-state index in [0.29, 0.717) is 5.56 Å². The third kappa shape index (κ3) is 5.95. The van der Waals surface area contributed by atoms with Crippen LogP contribution in [0.3, 0.4) is 0 Å². The van der Waals surface area contributed by atoms with E-state index in [-0.39, 0.29) is 35.4 Å². The molecular weight excluding hydrogens is 567 g/mol. The SMILES string of the molecule is [2H]c1c([2H])c(N(c2ccccc2)c2ccc(-c3ccc(-c4ccccc4)cc3)cc2)c([2H])c([2H])c1-c1cccc(-c2ccc3ccccc3c2)c1. The van der Waals surface area contributed by atoms with Crippen LogP contribution in [0.25, 0.3) is 55.3 Å². The maximum Gasteiger partial charge on any atom is 0.0645 e. The van der Waals surface area contributed by atoms with Gasteiger partial charge in [0.2, 0.25) is 0 Å². The van der Waals surface area contributed by atoms with Gasteiger partial charge in [-0.25, -0.2) is 0 Å². The van der Waals surface area contributed by atoms with Crippen LogP contribution in [0.5, 0.6) is 0 Å². The number of hydrogen-bond donors (Lipinski definition) is 0. The lowest BCUT2D eigenvalue weighted by atomic mass is 9.97. The van der Waals surface area contributed by atoms with Crippen molar-refractivity contribution >= 4 is 27.8 Å². The maximum absolute atomic E-state index is 9.30. The predicted molar refractivity (Wildman–Crippen MR) is 200 cm³/mol. The summed E-state index contributed by atoms with van der Waals surface area (Å²) in [6, 6.07) is 58.2. The quantitative estimate of drug-likeness (QED) is 0.175. The molecule has 8 aromatic rings. The lowest BCUT2D eigenvalue weighted by Gasteiger charge is -2.26. The van der Waals surface area contributed by atoms with E-state index in [1.54, 1.807) is 0 Å². The Kier molecular flexibility index (Phi) is 6.50. The molecule has 0 radical (unpaired) electrons. The van der Waals surface area contributed by atoms with Gasteiger partial charge in [0, 0.05) is 17.1 Å². The molecule has 0 atom stereocenters. The standard InChI is InChI=1S/C46H33N/c1-3-10-34(11-4-1)36-18-20-37(21-19-36)38-24-28-45(29-25-38)47(44-16-5-2-6-17-44)46-30-26-39(27-31-46)41-14-9-15-42(32-41)43-23-22-35-12-7-8-13-40(35)33-43/h1-33H/i26D,27D,30D,31D. The fraction of sp³-hybridized carbons (Fsp3) is 0. The highest BCUT2D eigenvalue weighted by atomic mass is 15.1. The number of nitrogens with zero attached hydrogens (tertiary/aromatic N) is 1. The summed E-state index contributed by atoms with van der Waals surface area (Å²) in [5.41, 5.74) is 8.98. The number of fused-ring (bicyclic) bond motifs is 1. The molecule has 1 heteroatoms. The van der Waals surface area contributed by atoms with Crippen molar-refractivity contribution in [3.05, 3.63) is 200 Å². The third-order valence-corrected chi connectivity index (χ3v) is 8.53. The highest BCUT2D eigenvalue weighted by Gasteiger charge is 2.13. The topological polar surface area (TPSA) is 3.24 Å². The number of benzene rings is 8. The first-order chi connectivity index (χ1) is 25.0. The van der Waals surface area contributed by atoms with Crippen molar-refractivity contribution in [2.75, 3.05) is 4.90 Å². The van der Waals surface area contributed by atoms with Gasteiger partial charge in [-0.1, -0.05) is 152 Å². The van der Waals surface area contributed by atoms with Gasteiger partial charge in [0.05, 0.1) is 5.48 Å². The van der Waals surface area contributed by atoms with E-state index in [1.807, 2.05) is 114 Å². The number of rotatable bonds is 7. The fourth-order valence-electron chi connectivity index (χ4n) is 6.06. The van der Waals surface area contributed by atoms with E-state index in [1.165, 1.54) is 5.56 Å². The molecule has 47 heavy (non-hydrogen) atoms. The van der Waals surface area contributed by atoms with Crippen LogP contribution in [0.1, 0.15) is 5.48 Å². The van der Waals surface area contributed by atoms with Gasteiger partial charge < -0.3 is 4.90 Å². The summed E-state index contributed by atoms with van der Waals surface area (Å²) in [7, 11) is 0. The van der Waals surface area contributed by atoms with Gasteiger partial charge in [0.25, 0.3) is 0 Å². The van der Waals surface area contributed by atoms with Crippen LogP contribution in [0.4, 0.5) is 17.1 Å². The second-order valence-electron chi connectivity index (χ2n) is 11.5. The predicted octanol–water partition coefficient (Wildman–Crippen LogP) is 13.0. The summed E-state index contributed by atoms with van der Waals surface area (Å²) in [5, 5.41) is 2.28. The Labute approximate surface area is 282 Å². The van der Waals surface area contributed by atoms with Gasteiger partial charge in [-0.15, -0.1) is 0 Å². The van der Waals surface area contributed by atoms with Crippen LogP contribution < -0.4 is 4.90 Å². The Morgan fingerprint density at radius 3 is 1.38 bits per heavy atom. The van der Waals surface area contributed by atoms with Crippen molar-refractivity contribution in [1.29, 1.82) is 0 Å². The highest BCUT2D eigenvalue weighted by Crippen LogP contribution is 2.37. The Morgan fingerprint density at radius 2 is 0.723 bits per heavy atom. The Bertz CT molecular complexity index is 2470. The fourth-order valence-corrected chi connectivity index (χ4v) is 6.06. The first-order valence-corrected chi connectivity index (χ1v) is 15.8. The molecule has 0 saturated heterocycles. The Balaban J connectivity index is 1.18. The summed E-state index contributed by atoms with van der Waals surface area (Å²) in [5.74, 6) is 0. The normalized spacial score (nSPS) is 12.2. The molecule has 0 saturated carbocycles. The van der Waals surface area contributed by atoms with Crippen molar-refractivity contribution in [3.8, 4) is 44.5 Å². The Morgan fingerprint density at radius 1 is 0.277 bits per heavy atom. The highest BCUT2D eigenvalue weighted by molar-refractivity contribution is 5.88. The molecule has 1 nitrogen and oxygen atoms in total. The number of hydrogen-bond acceptors (Lipinski definition) is 1. The van der Waals surface area contributed by atoms with E-state index in [2.05, 4.69) is 66.7 Å². The third-order valence-electron chi connectivity index (χ3n) is 8.53. The largest absolute Gasteiger partial charge is 0.311 e. The summed E-state index contributed by atoms with van der Waals surface area (Å²) in [6.45, 7) is 0. The van der Waals surface area contributed by atoms with Crippen LogP contribution in [-0.2, 0) is 0 Å². The molecule has 0 fully saturated rings. The molecule has 0 aromatic heterocycles. The molecule has 8 aromatic carbocycles. The first kappa shape index (κ1) is 24.1. The molecule has 0 amide bonds. The van der Waals surface area contributed by atoms with Crippen LogP contribution in [0.15, 0.2) is 200 Å². The van der Waals surface area contributed by atoms with Crippen molar-refractivity contribution in [2.45, 2.75) is 0 Å². The molecule has 0 N–H and O–H groups in total. The van der Waals surface area contributed by atoms with Gasteiger partial charge >= 0.3 is 0 Å². The smallest absolute Gasteiger partial charge is 0.0645 e. The number of para-hydroxylation sites is 1. The van der Waals surface area contributed by atoms with Crippen LogP contribution >= 0.6 is 0 Å². The molecule has 0 spiro atoms. The molecule has 0 aliphatic carbocycles. The molecule has 222 valence electrons. The minimum atomic E-state index is -0.105. The van der Waals surface area contributed by atoms with Gasteiger partial charge in [-0.2, -0.15) is 0 Å². The van der Waals surface area contributed by atoms with Gasteiger partial charge in [0.1, 0.15) is 0 Å². The van der Waals surface area contributed by atoms with Gasteiger partial charge in [-0.05, 0) is 104 Å². The second kappa shape index (κ2) is 12.7. The Hall–Kier alpha value is -6.18. The van der Waals surface area contributed by atoms with E-state index in [0.717, 1.165) is 50.0 Å². The lowest BCUT2D eigenvalue weighted by molar-refractivity contribution is 1.28. The van der Waals surface area contributed by atoms with Crippen molar-refractivity contribution in [3.63, 3.8) is 0 Å². The van der Waals surface area contributed by atoms with E-state index >= 15 is 0 Å². The van der Waals surface area contributed by atoms with Gasteiger partial charge in [0.15, 0.2) is 0 Å². The average Bonchev–Trinajstić information content (AvgIpc) is 3.19. The summed E-state index contributed by atoms with van der Waals surface area (Å²) in [6.07, 6.45) is 0. The molecule has 0 heterocycles. The zero-order valence-electron chi connectivity index (χ0n) is 29.7. The van der Waals surface area contributed by atoms with Crippen LogP contribution in [0, 0.1) is 0 Å². The van der Waals surface area contributed by atoms with Crippen molar-refractivity contribution in [2.24, 2.45) is 0 Å². The molecule has 0 bridgehead atoms. The lowest BCUT2D eigenvalue weighted by Crippen LogP contribution is -2.09. The van der Waals surface area contributed by atoms with Crippen molar-refractivity contribution < 1.29 is 5.48 Å². The molecule has 8 rings (SSSR count). The molecule has 0 aliphatic rings. The van der Waals surface area contributed by atoms with Gasteiger partial charge in [-0.3, -0.25) is 0 Å². The average molecular weight is 604 g/mol. The number of anilines is 3. The van der Waals surface area contributed by atoms with E-state index < -0.39 is 0 Å². The summed E-state index contributed by atoms with van der Waals surface area (Å²) >= 11 is 0. The minimum Gasteiger partial charge on any atom is -0.311 e. The zero-order chi connectivity index (χ0) is 34.9. The monoisotopic (exact) mass is 603 g/mol. The van der Waals surface area contributed by atoms with Crippen molar-refractivity contribution in [1.82, 2.24) is 0 Å². The summed E-state index contributed by atoms with van der Waals surface area (Å²) < 4.78 is 37.0. The summed E-state index contributed by atoms with van der Waals surface area (Å²) in [4.78, 5) is 1.82. The molecular formula is C46H33N. The zero-order valence-corrected chi connectivity index (χ0v) is 25.7. The van der Waals surface area contributed by atoms with Crippen LogP contribution in [0.2, 0.25) is 0 Å². The second-order valence-corrected chi connectivity index (χ2v) is 11.5. The van der Waals surface area contributed by atoms with E-state index in [4.69, 9.17) is 0 Å².